The van der Waals surface area contributed by atoms with E-state index in [1.807, 2.05) is 44.2 Å². The fourth-order valence-electron chi connectivity index (χ4n) is 1.92. The van der Waals surface area contributed by atoms with Crippen LogP contribution in [0.1, 0.15) is 19.4 Å². The van der Waals surface area contributed by atoms with Crippen molar-refractivity contribution in [2.75, 3.05) is 0 Å². The molecule has 1 saturated heterocycles. The molecule has 4 heteroatoms. The lowest BCUT2D eigenvalue weighted by Crippen LogP contribution is -2.27. The van der Waals surface area contributed by atoms with Gasteiger partial charge in [-0.25, -0.2) is 0 Å². The van der Waals surface area contributed by atoms with Gasteiger partial charge in [-0.3, -0.25) is 14.9 Å². The number of allylic oxidation sites excluding steroid dienone is 1. The molecule has 19 heavy (non-hydrogen) atoms. The van der Waals surface area contributed by atoms with Crippen molar-refractivity contribution >= 4 is 11.7 Å². The lowest BCUT2D eigenvalue weighted by molar-refractivity contribution is -0.125. The van der Waals surface area contributed by atoms with Crippen molar-refractivity contribution in [3.63, 3.8) is 0 Å². The Morgan fingerprint density at radius 3 is 2.63 bits per heavy atom. The highest BCUT2D eigenvalue weighted by Gasteiger charge is 2.32. The minimum absolute atomic E-state index is 0.0788. The highest BCUT2D eigenvalue weighted by Crippen LogP contribution is 2.17. The molecule has 0 aromatic heterocycles. The van der Waals surface area contributed by atoms with E-state index in [9.17, 15) is 9.59 Å². The maximum absolute atomic E-state index is 11.8. The van der Waals surface area contributed by atoms with Gasteiger partial charge >= 0.3 is 0 Å². The molecule has 0 spiro atoms. The highest BCUT2D eigenvalue weighted by atomic mass is 16.5. The monoisotopic (exact) mass is 259 g/mol. The van der Waals surface area contributed by atoms with Crippen LogP contribution in [-0.2, 0) is 20.7 Å². The van der Waals surface area contributed by atoms with Crippen molar-refractivity contribution in [2.24, 2.45) is 5.92 Å². The largest absolute Gasteiger partial charge is 0.465 e. The van der Waals surface area contributed by atoms with Crippen LogP contribution in [0.2, 0.25) is 0 Å². The van der Waals surface area contributed by atoms with Gasteiger partial charge in [0.15, 0.2) is 17.8 Å². The molecule has 0 unspecified atom stereocenters. The first-order chi connectivity index (χ1) is 9.06. The summed E-state index contributed by atoms with van der Waals surface area (Å²) in [6, 6.07) is 9.46. The molecule has 0 aliphatic carbocycles. The zero-order valence-electron chi connectivity index (χ0n) is 11.1. The fourth-order valence-corrected chi connectivity index (χ4v) is 1.92. The molecule has 0 bridgehead atoms. The molecule has 0 radical (unpaired) electrons. The molecular weight excluding hydrogens is 242 g/mol. The first-order valence-electron chi connectivity index (χ1n) is 6.32. The van der Waals surface area contributed by atoms with Crippen LogP contribution in [0.3, 0.4) is 0 Å². The molecule has 100 valence electrons. The minimum Gasteiger partial charge on any atom is -0.465 e. The normalized spacial score (nSPS) is 20.5. The third-order valence-electron chi connectivity index (χ3n) is 2.88. The average Bonchev–Trinajstić information content (AvgIpc) is 2.71. The van der Waals surface area contributed by atoms with Gasteiger partial charge in [0.1, 0.15) is 0 Å². The number of carbonyl (C=O) groups is 2. The van der Waals surface area contributed by atoms with Gasteiger partial charge in [0.25, 0.3) is 5.91 Å². The Bertz CT molecular complexity index is 505. The molecule has 1 N–H and O–H groups in total. The van der Waals surface area contributed by atoms with Crippen LogP contribution < -0.4 is 5.32 Å². The quantitative estimate of drug-likeness (QED) is 0.839. The maximum atomic E-state index is 11.8. The van der Waals surface area contributed by atoms with Gasteiger partial charge < -0.3 is 4.74 Å². The third-order valence-corrected chi connectivity index (χ3v) is 2.88. The van der Waals surface area contributed by atoms with E-state index >= 15 is 0 Å². The summed E-state index contributed by atoms with van der Waals surface area (Å²) in [5.41, 5.74) is 0.939. The van der Waals surface area contributed by atoms with Crippen LogP contribution in [0.25, 0.3) is 0 Å². The van der Waals surface area contributed by atoms with Crippen molar-refractivity contribution < 1.29 is 14.3 Å². The van der Waals surface area contributed by atoms with Crippen molar-refractivity contribution in [3.05, 3.63) is 47.9 Å². The third kappa shape index (κ3) is 3.44. The number of hydrogen-bond acceptors (Lipinski definition) is 3. The highest BCUT2D eigenvalue weighted by molar-refractivity contribution is 5.93. The summed E-state index contributed by atoms with van der Waals surface area (Å²) in [6.07, 6.45) is 1.15. The molecule has 1 atom stereocenters. The fraction of sp³-hybridized carbons (Fsp3) is 0.333. The second-order valence-electron chi connectivity index (χ2n) is 4.91. The molecule has 1 heterocycles. The van der Waals surface area contributed by atoms with Gasteiger partial charge in [-0.05, 0) is 11.5 Å². The van der Waals surface area contributed by atoms with E-state index in [0.717, 1.165) is 5.56 Å². The Kier molecular flexibility index (Phi) is 4.00. The lowest BCUT2D eigenvalue weighted by Gasteiger charge is -2.10. The van der Waals surface area contributed by atoms with E-state index in [2.05, 4.69) is 5.32 Å². The van der Waals surface area contributed by atoms with E-state index in [0.29, 0.717) is 6.42 Å². The number of rotatable bonds is 4. The van der Waals surface area contributed by atoms with Crippen LogP contribution in [0.4, 0.5) is 0 Å². The number of benzene rings is 1. The van der Waals surface area contributed by atoms with Crippen LogP contribution in [0.5, 0.6) is 0 Å². The van der Waals surface area contributed by atoms with Crippen molar-refractivity contribution in [1.29, 1.82) is 0 Å². The van der Waals surface area contributed by atoms with Gasteiger partial charge in [-0.15, -0.1) is 0 Å². The Morgan fingerprint density at radius 1 is 1.37 bits per heavy atom. The summed E-state index contributed by atoms with van der Waals surface area (Å²) in [5, 5.41) is 2.58. The lowest BCUT2D eigenvalue weighted by atomic mass is 10.1. The van der Waals surface area contributed by atoms with Crippen LogP contribution in [0.15, 0.2) is 42.3 Å². The van der Waals surface area contributed by atoms with Crippen molar-refractivity contribution in [3.8, 4) is 0 Å². The van der Waals surface area contributed by atoms with E-state index in [4.69, 9.17) is 4.74 Å². The standard InChI is InChI=1S/C15H17NO3/c1-10(2)14-15(18)16-13(19-14)9-12(17)8-11-6-4-3-5-7-11/h3-7,9-10,14H,8H2,1-2H3,(H,16,18)/b13-9+/t14-/m0/s1. The summed E-state index contributed by atoms with van der Waals surface area (Å²) in [7, 11) is 0. The smallest absolute Gasteiger partial charge is 0.268 e. The first kappa shape index (κ1) is 13.3. The van der Waals surface area contributed by atoms with Crippen LogP contribution in [0, 0.1) is 5.92 Å². The minimum atomic E-state index is -0.504. The van der Waals surface area contributed by atoms with Gasteiger partial charge in [-0.2, -0.15) is 0 Å². The Morgan fingerprint density at radius 2 is 2.05 bits per heavy atom. The first-order valence-corrected chi connectivity index (χ1v) is 6.32. The topological polar surface area (TPSA) is 55.4 Å². The molecule has 1 aromatic rings. The molecule has 1 aromatic carbocycles. The maximum Gasteiger partial charge on any atom is 0.268 e. The summed E-state index contributed by atoms with van der Waals surface area (Å²) in [4.78, 5) is 23.4. The molecule has 2 rings (SSSR count). The molecule has 1 amide bonds. The van der Waals surface area contributed by atoms with Crippen LogP contribution >= 0.6 is 0 Å². The Labute approximate surface area is 112 Å². The van der Waals surface area contributed by atoms with E-state index in [1.54, 1.807) is 0 Å². The molecule has 1 aliphatic heterocycles. The average molecular weight is 259 g/mol. The Hall–Kier alpha value is -2.10. The molecule has 1 aliphatic rings. The predicted octanol–water partition coefficient (Wildman–Crippen LogP) is 1.81. The molecular formula is C15H17NO3. The van der Waals surface area contributed by atoms with E-state index < -0.39 is 6.10 Å². The van der Waals surface area contributed by atoms with Crippen LogP contribution in [-0.4, -0.2) is 17.8 Å². The summed E-state index contributed by atoms with van der Waals surface area (Å²) in [6.45, 7) is 3.80. The van der Waals surface area contributed by atoms with E-state index in [-0.39, 0.29) is 23.5 Å². The molecule has 0 saturated carbocycles. The van der Waals surface area contributed by atoms with Gasteiger partial charge in [0.05, 0.1) is 0 Å². The second-order valence-corrected chi connectivity index (χ2v) is 4.91. The second kappa shape index (κ2) is 5.69. The van der Waals surface area contributed by atoms with Gasteiger partial charge in [-0.1, -0.05) is 44.2 Å². The summed E-state index contributed by atoms with van der Waals surface area (Å²) >= 11 is 0. The SMILES string of the molecule is CC(C)[C@@H]1O/C(=C/C(=O)Cc2ccccc2)NC1=O. The zero-order valence-corrected chi connectivity index (χ0v) is 11.1. The number of ketones is 1. The zero-order chi connectivity index (χ0) is 13.8. The number of carbonyl (C=O) groups excluding carboxylic acids is 2. The van der Waals surface area contributed by atoms with E-state index in [1.165, 1.54) is 6.08 Å². The Balaban J connectivity index is 1.99. The molecule has 4 nitrogen and oxygen atoms in total. The predicted molar refractivity (Wildman–Crippen MR) is 71.1 cm³/mol. The summed E-state index contributed by atoms with van der Waals surface area (Å²) in [5.74, 6) is 0.0550. The number of nitrogens with one attached hydrogen (secondary N) is 1. The molecule has 1 fully saturated rings. The number of ether oxygens (including phenoxy) is 1. The summed E-state index contributed by atoms with van der Waals surface area (Å²) < 4.78 is 5.42. The van der Waals surface area contributed by atoms with Crippen molar-refractivity contribution in [1.82, 2.24) is 5.32 Å². The van der Waals surface area contributed by atoms with Gasteiger partial charge in [0.2, 0.25) is 0 Å². The van der Waals surface area contributed by atoms with Gasteiger partial charge in [0, 0.05) is 12.5 Å². The van der Waals surface area contributed by atoms with Crippen molar-refractivity contribution in [2.45, 2.75) is 26.4 Å². The number of hydrogen-bond donors (Lipinski definition) is 1. The number of amides is 1.